The number of hydrogen-bond acceptors (Lipinski definition) is 7. The fraction of sp³-hybridized carbons (Fsp3) is 0.500. The van der Waals surface area contributed by atoms with E-state index in [1.807, 2.05) is 30.3 Å². The Kier molecular flexibility index (Phi) is 3.97. The fourth-order valence-corrected chi connectivity index (χ4v) is 7.43. The van der Waals surface area contributed by atoms with Crippen LogP contribution < -0.4 is 0 Å². The second-order valence-corrected chi connectivity index (χ2v) is 11.4. The molecule has 2 aliphatic heterocycles. The molecule has 1 spiro atoms. The topological polar surface area (TPSA) is 110 Å². The standard InChI is InChI=1S/C16H19N3O5S2/c1-2-26(22,23)19-10-16(11-19)13(8-9-25(16,20)21)15-17-14(18-24-15)12-6-4-3-5-7-12/h3-7,13H,2,8-11H2,1H3. The molecule has 26 heavy (non-hydrogen) atoms. The molecule has 0 N–H and O–H groups in total. The SMILES string of the molecule is CCS(=O)(=O)N1CC2(C1)C(c1nc(-c3ccccc3)no1)CCS2(=O)=O. The third-order valence-corrected chi connectivity index (χ3v) is 9.68. The normalized spacial score (nSPS) is 24.6. The van der Waals surface area contributed by atoms with E-state index >= 15 is 0 Å². The summed E-state index contributed by atoms with van der Waals surface area (Å²) in [7, 11) is -6.85. The van der Waals surface area contributed by atoms with E-state index < -0.39 is 30.5 Å². The van der Waals surface area contributed by atoms with E-state index in [1.165, 1.54) is 4.31 Å². The molecule has 0 saturated carbocycles. The van der Waals surface area contributed by atoms with Gasteiger partial charge in [0.2, 0.25) is 21.7 Å². The molecule has 1 aromatic heterocycles. The van der Waals surface area contributed by atoms with Crippen molar-refractivity contribution in [2.24, 2.45) is 0 Å². The van der Waals surface area contributed by atoms with E-state index in [0.29, 0.717) is 12.2 Å². The molecule has 140 valence electrons. The quantitative estimate of drug-likeness (QED) is 0.758. The summed E-state index contributed by atoms with van der Waals surface area (Å²) < 4.78 is 54.9. The Bertz CT molecular complexity index is 1020. The van der Waals surface area contributed by atoms with Crippen molar-refractivity contribution in [2.75, 3.05) is 24.6 Å². The fourth-order valence-electron chi connectivity index (χ4n) is 3.73. The molecule has 4 rings (SSSR count). The highest BCUT2D eigenvalue weighted by Gasteiger charge is 2.65. The van der Waals surface area contributed by atoms with Crippen molar-refractivity contribution in [1.82, 2.24) is 14.4 Å². The highest BCUT2D eigenvalue weighted by molar-refractivity contribution is 7.93. The maximum atomic E-state index is 12.7. The largest absolute Gasteiger partial charge is 0.339 e. The minimum Gasteiger partial charge on any atom is -0.339 e. The van der Waals surface area contributed by atoms with Gasteiger partial charge in [0, 0.05) is 18.7 Å². The Hall–Kier alpha value is -1.78. The van der Waals surface area contributed by atoms with Gasteiger partial charge in [-0.15, -0.1) is 0 Å². The smallest absolute Gasteiger partial charge is 0.231 e. The van der Waals surface area contributed by atoms with Gasteiger partial charge >= 0.3 is 0 Å². The molecule has 3 heterocycles. The second kappa shape index (κ2) is 5.86. The van der Waals surface area contributed by atoms with Gasteiger partial charge in [0.15, 0.2) is 9.84 Å². The molecule has 2 aromatic rings. The molecule has 2 fully saturated rings. The van der Waals surface area contributed by atoms with E-state index in [1.54, 1.807) is 6.92 Å². The monoisotopic (exact) mass is 397 g/mol. The molecular formula is C16H19N3O5S2. The van der Waals surface area contributed by atoms with Crippen LogP contribution >= 0.6 is 0 Å². The van der Waals surface area contributed by atoms with Crippen LogP contribution in [0.1, 0.15) is 25.2 Å². The lowest BCUT2D eigenvalue weighted by Gasteiger charge is -2.47. The maximum Gasteiger partial charge on any atom is 0.231 e. The van der Waals surface area contributed by atoms with E-state index in [0.717, 1.165) is 5.56 Å². The molecule has 2 saturated heterocycles. The second-order valence-electron chi connectivity index (χ2n) is 6.72. The van der Waals surface area contributed by atoms with Gasteiger partial charge in [-0.05, 0) is 13.3 Å². The van der Waals surface area contributed by atoms with E-state index in [9.17, 15) is 16.8 Å². The number of benzene rings is 1. The number of sulfonamides is 1. The predicted octanol–water partition coefficient (Wildman–Crippen LogP) is 1.04. The van der Waals surface area contributed by atoms with Gasteiger partial charge < -0.3 is 4.52 Å². The summed E-state index contributed by atoms with van der Waals surface area (Å²) in [6, 6.07) is 9.27. The molecule has 0 radical (unpaired) electrons. The molecule has 8 nitrogen and oxygen atoms in total. The van der Waals surface area contributed by atoms with Crippen LogP contribution in [0, 0.1) is 0 Å². The number of hydrogen-bond donors (Lipinski definition) is 0. The average Bonchev–Trinajstić information content (AvgIpc) is 3.16. The lowest BCUT2D eigenvalue weighted by Crippen LogP contribution is -2.67. The molecule has 1 unspecified atom stereocenters. The maximum absolute atomic E-state index is 12.7. The molecular weight excluding hydrogens is 378 g/mol. The Morgan fingerprint density at radius 1 is 1.27 bits per heavy atom. The van der Waals surface area contributed by atoms with Crippen LogP contribution in [0.4, 0.5) is 0 Å². The average molecular weight is 397 g/mol. The molecule has 1 atom stereocenters. The molecule has 1 aromatic carbocycles. The summed E-state index contributed by atoms with van der Waals surface area (Å²) >= 11 is 0. The van der Waals surface area contributed by atoms with Crippen molar-refractivity contribution in [3.63, 3.8) is 0 Å². The third kappa shape index (κ3) is 2.50. The summed E-state index contributed by atoms with van der Waals surface area (Å²) in [5, 5.41) is 3.97. The zero-order chi connectivity index (χ0) is 18.6. The zero-order valence-electron chi connectivity index (χ0n) is 14.2. The highest BCUT2D eigenvalue weighted by Crippen LogP contribution is 2.50. The predicted molar refractivity (Wildman–Crippen MR) is 94.6 cm³/mol. The minimum atomic E-state index is -3.44. The van der Waals surface area contributed by atoms with Gasteiger partial charge in [0.1, 0.15) is 4.75 Å². The molecule has 10 heteroatoms. The van der Waals surface area contributed by atoms with Crippen molar-refractivity contribution in [1.29, 1.82) is 0 Å². The number of aromatic nitrogens is 2. The van der Waals surface area contributed by atoms with Crippen molar-refractivity contribution in [2.45, 2.75) is 24.0 Å². The van der Waals surface area contributed by atoms with Crippen molar-refractivity contribution < 1.29 is 21.4 Å². The number of sulfone groups is 1. The van der Waals surface area contributed by atoms with Crippen LogP contribution in [0.3, 0.4) is 0 Å². The number of nitrogens with zero attached hydrogens (tertiary/aromatic N) is 3. The van der Waals surface area contributed by atoms with Crippen LogP contribution in [0.15, 0.2) is 34.9 Å². The van der Waals surface area contributed by atoms with Gasteiger partial charge in [-0.2, -0.15) is 9.29 Å². The minimum absolute atomic E-state index is 0.000724. The first-order valence-electron chi connectivity index (χ1n) is 8.38. The van der Waals surface area contributed by atoms with Crippen LogP contribution in [0.25, 0.3) is 11.4 Å². The lowest BCUT2D eigenvalue weighted by atomic mass is 9.84. The van der Waals surface area contributed by atoms with Crippen molar-refractivity contribution in [3.05, 3.63) is 36.2 Å². The van der Waals surface area contributed by atoms with E-state index in [2.05, 4.69) is 10.1 Å². The van der Waals surface area contributed by atoms with Crippen LogP contribution in [0.5, 0.6) is 0 Å². The first-order chi connectivity index (χ1) is 12.3. The van der Waals surface area contributed by atoms with Crippen LogP contribution in [-0.4, -0.2) is 60.6 Å². The molecule has 0 aliphatic carbocycles. The van der Waals surface area contributed by atoms with Crippen molar-refractivity contribution in [3.8, 4) is 11.4 Å². The van der Waals surface area contributed by atoms with Gasteiger partial charge in [0.05, 0.1) is 17.4 Å². The first kappa shape index (κ1) is 17.6. The highest BCUT2D eigenvalue weighted by atomic mass is 32.2. The number of rotatable bonds is 4. The van der Waals surface area contributed by atoms with Gasteiger partial charge in [0.25, 0.3) is 0 Å². The molecule has 0 amide bonds. The Balaban J connectivity index is 1.66. The Morgan fingerprint density at radius 2 is 1.96 bits per heavy atom. The summed E-state index contributed by atoms with van der Waals surface area (Å²) in [5.41, 5.74) is 0.779. The van der Waals surface area contributed by atoms with Crippen LogP contribution in [-0.2, 0) is 19.9 Å². The first-order valence-corrected chi connectivity index (χ1v) is 11.6. The van der Waals surface area contributed by atoms with Gasteiger partial charge in [-0.3, -0.25) is 0 Å². The van der Waals surface area contributed by atoms with E-state index in [-0.39, 0.29) is 30.5 Å². The van der Waals surface area contributed by atoms with Crippen molar-refractivity contribution >= 4 is 19.9 Å². The molecule has 0 bridgehead atoms. The van der Waals surface area contributed by atoms with Gasteiger partial charge in [-0.1, -0.05) is 35.5 Å². The Labute approximate surface area is 152 Å². The van der Waals surface area contributed by atoms with Gasteiger partial charge in [-0.25, -0.2) is 16.8 Å². The zero-order valence-corrected chi connectivity index (χ0v) is 15.8. The summed E-state index contributed by atoms with van der Waals surface area (Å²) in [6.07, 6.45) is 0.360. The lowest BCUT2D eigenvalue weighted by molar-refractivity contribution is 0.181. The molecule has 2 aliphatic rings. The summed E-state index contributed by atoms with van der Waals surface area (Å²) in [5.74, 6) is 0.129. The summed E-state index contributed by atoms with van der Waals surface area (Å²) in [6.45, 7) is 1.46. The summed E-state index contributed by atoms with van der Waals surface area (Å²) in [4.78, 5) is 4.40. The van der Waals surface area contributed by atoms with Crippen LogP contribution in [0.2, 0.25) is 0 Å². The Morgan fingerprint density at radius 3 is 2.62 bits per heavy atom. The van der Waals surface area contributed by atoms with E-state index in [4.69, 9.17) is 4.52 Å². The third-order valence-electron chi connectivity index (χ3n) is 5.35.